The number of anilines is 1. The smallest absolute Gasteiger partial charge is 0.303 e. The lowest BCUT2D eigenvalue weighted by Gasteiger charge is -2.45. The van der Waals surface area contributed by atoms with E-state index in [4.69, 9.17) is 26.2 Å². The van der Waals surface area contributed by atoms with Gasteiger partial charge in [0.05, 0.1) is 12.3 Å². The highest BCUT2D eigenvalue weighted by molar-refractivity contribution is 7.91. The number of aryl methyl sites for hydroxylation is 1. The van der Waals surface area contributed by atoms with E-state index >= 15 is 0 Å². The number of allylic oxidation sites excluding steroid dienone is 1. The summed E-state index contributed by atoms with van der Waals surface area (Å²) in [4.78, 5) is 27.4. The maximum atomic E-state index is 13.3. The van der Waals surface area contributed by atoms with E-state index in [-0.39, 0.29) is 35.1 Å². The highest BCUT2D eigenvalue weighted by Crippen LogP contribution is 2.47. The molecule has 2 aromatic carbocycles. The van der Waals surface area contributed by atoms with Gasteiger partial charge in [0.1, 0.15) is 21.8 Å². The first-order valence-corrected chi connectivity index (χ1v) is 17.4. The van der Waals surface area contributed by atoms with E-state index in [9.17, 15) is 13.8 Å². The second-order valence-corrected chi connectivity index (χ2v) is 14.7. The normalized spacial score (nSPS) is 24.3. The number of hydrogen-bond acceptors (Lipinski definition) is 6. The number of fused-ring (bicyclic) bond motifs is 3. The summed E-state index contributed by atoms with van der Waals surface area (Å²) in [6, 6.07) is 11.4. The van der Waals surface area contributed by atoms with Crippen molar-refractivity contribution >= 4 is 39.1 Å². The van der Waals surface area contributed by atoms with Crippen LogP contribution in [-0.2, 0) is 31.3 Å². The third kappa shape index (κ3) is 7.05. The molecule has 2 aromatic rings. The van der Waals surface area contributed by atoms with Crippen LogP contribution in [0.4, 0.5) is 5.69 Å². The number of nitrogens with zero attached hydrogens (tertiary/aromatic N) is 2. The molecule has 1 spiro atoms. The van der Waals surface area contributed by atoms with Crippen LogP contribution < -0.4 is 14.8 Å². The van der Waals surface area contributed by atoms with Gasteiger partial charge in [-0.3, -0.25) is 9.59 Å². The fourth-order valence-corrected chi connectivity index (χ4v) is 8.21. The van der Waals surface area contributed by atoms with Crippen molar-refractivity contribution < 1.29 is 23.3 Å². The minimum atomic E-state index is -3.17. The van der Waals surface area contributed by atoms with Crippen molar-refractivity contribution in [1.82, 2.24) is 0 Å². The molecule has 10 heteroatoms. The predicted molar refractivity (Wildman–Crippen MR) is 176 cm³/mol. The van der Waals surface area contributed by atoms with E-state index in [0.717, 1.165) is 42.8 Å². The lowest BCUT2D eigenvalue weighted by Crippen LogP contribution is -2.49. The summed E-state index contributed by atoms with van der Waals surface area (Å²) in [6.45, 7) is 10.9. The first-order valence-electron chi connectivity index (χ1n) is 15.3. The highest BCUT2D eigenvalue weighted by Gasteiger charge is 2.44. The van der Waals surface area contributed by atoms with Gasteiger partial charge in [0.2, 0.25) is 0 Å². The lowest BCUT2D eigenvalue weighted by atomic mass is 9.68. The Morgan fingerprint density at radius 1 is 1.27 bits per heavy atom. The summed E-state index contributed by atoms with van der Waals surface area (Å²) < 4.78 is 28.9. The molecule has 1 saturated carbocycles. The number of carbonyl (C=O) groups is 2. The quantitative estimate of drug-likeness (QED) is 0.183. The zero-order valence-corrected chi connectivity index (χ0v) is 26.9. The molecule has 8 nitrogen and oxygen atoms in total. The number of carbonyl (C=O) groups excluding carboxylic acids is 2. The highest BCUT2D eigenvalue weighted by atomic mass is 35.5. The van der Waals surface area contributed by atoms with E-state index < -0.39 is 15.8 Å². The molecule has 5 atom stereocenters. The number of nitrogens with two attached hydrogens (primary N) is 1. The molecule has 5 rings (SSSR count). The van der Waals surface area contributed by atoms with Crippen molar-refractivity contribution in [2.75, 3.05) is 30.3 Å². The van der Waals surface area contributed by atoms with Crippen LogP contribution in [-0.4, -0.2) is 47.6 Å². The Morgan fingerprint density at radius 2 is 2.09 bits per heavy atom. The Morgan fingerprint density at radius 3 is 2.80 bits per heavy atom. The van der Waals surface area contributed by atoms with Gasteiger partial charge in [-0.25, -0.2) is 9.35 Å². The van der Waals surface area contributed by atoms with Crippen LogP contribution in [0.25, 0.3) is 0 Å². The van der Waals surface area contributed by atoms with Gasteiger partial charge in [-0.05, 0) is 92.3 Å². The van der Waals surface area contributed by atoms with Gasteiger partial charge in [0, 0.05) is 47.7 Å². The van der Waals surface area contributed by atoms with Crippen molar-refractivity contribution in [3.05, 3.63) is 83.4 Å². The van der Waals surface area contributed by atoms with Crippen molar-refractivity contribution in [3.63, 3.8) is 0 Å². The molecule has 0 bridgehead atoms. The number of amides is 1. The number of halogens is 1. The summed E-state index contributed by atoms with van der Waals surface area (Å²) in [5.74, 6) is 0.249. The fraction of sp³-hybridized carbons (Fsp3) is 0.471. The molecule has 1 heterocycles. The first-order chi connectivity index (χ1) is 21.0. The zero-order valence-electron chi connectivity index (χ0n) is 25.3. The van der Waals surface area contributed by atoms with Crippen molar-refractivity contribution in [1.29, 1.82) is 0 Å². The van der Waals surface area contributed by atoms with Gasteiger partial charge in [0.25, 0.3) is 5.91 Å². The predicted octanol–water partition coefficient (Wildman–Crippen LogP) is 6.41. The maximum Gasteiger partial charge on any atom is 0.303 e. The van der Waals surface area contributed by atoms with E-state index in [2.05, 4.69) is 34.6 Å². The molecule has 0 aromatic heterocycles. The third-order valence-electron chi connectivity index (χ3n) is 9.25. The summed E-state index contributed by atoms with van der Waals surface area (Å²) >= 11 is 6.40. The van der Waals surface area contributed by atoms with Crippen molar-refractivity contribution in [2.45, 2.75) is 63.4 Å². The topological polar surface area (TPSA) is 111 Å². The van der Waals surface area contributed by atoms with E-state index in [1.165, 1.54) is 18.1 Å². The molecule has 1 aliphatic heterocycles. The molecule has 0 radical (unpaired) electrons. The van der Waals surface area contributed by atoms with Crippen LogP contribution >= 0.6 is 11.6 Å². The SMILES string of the molecule is C=CCCCS(N)(=O)=NC(=O)c1ccc2c(c1)N(C[C@@H]1CC[C@H]1[C@H](C=C)OC(C)=O)C[C@@]1(CCCc3cc(Cl)ccc31)CO2. The monoisotopic (exact) mass is 639 g/mol. The summed E-state index contributed by atoms with van der Waals surface area (Å²) in [6.07, 6.45) is 9.11. The van der Waals surface area contributed by atoms with Crippen LogP contribution in [0.15, 0.2) is 66.1 Å². The fourth-order valence-electron chi connectivity index (χ4n) is 6.96. The number of ether oxygens (including phenoxy) is 2. The van der Waals surface area contributed by atoms with Crippen LogP contribution in [0.1, 0.15) is 66.9 Å². The molecule has 2 aliphatic carbocycles. The van der Waals surface area contributed by atoms with Crippen LogP contribution in [0, 0.1) is 11.8 Å². The molecular formula is C34H42ClN3O5S. The summed E-state index contributed by atoms with van der Waals surface area (Å²) in [5.41, 5.74) is 3.29. The molecule has 1 amide bonds. The van der Waals surface area contributed by atoms with Gasteiger partial charge >= 0.3 is 5.97 Å². The lowest BCUT2D eigenvalue weighted by molar-refractivity contribution is -0.149. The number of benzene rings is 2. The third-order valence-corrected chi connectivity index (χ3v) is 10.8. The Bertz CT molecular complexity index is 1570. The van der Waals surface area contributed by atoms with Crippen molar-refractivity contribution in [3.8, 4) is 5.75 Å². The summed E-state index contributed by atoms with van der Waals surface area (Å²) in [7, 11) is -3.17. The minimum Gasteiger partial charge on any atom is -0.490 e. The molecular weight excluding hydrogens is 598 g/mol. The van der Waals surface area contributed by atoms with Crippen LogP contribution in [0.5, 0.6) is 5.75 Å². The first kappa shape index (κ1) is 32.3. The molecule has 2 N–H and O–H groups in total. The minimum absolute atomic E-state index is 0.118. The molecule has 1 unspecified atom stereocenters. The Balaban J connectivity index is 1.51. The second-order valence-electron chi connectivity index (χ2n) is 12.3. The molecule has 0 saturated heterocycles. The largest absolute Gasteiger partial charge is 0.490 e. The second kappa shape index (κ2) is 13.5. The van der Waals surface area contributed by atoms with Gasteiger partial charge in [-0.2, -0.15) is 0 Å². The Hall–Kier alpha value is -3.14. The number of rotatable bonds is 10. The van der Waals surface area contributed by atoms with E-state index in [1.807, 2.05) is 6.07 Å². The standard InChI is InChI=1S/C34H42ClN3O5S/c1-4-6-7-17-44(36,41)37-33(40)25-11-15-32-30(19-25)38(20-26-10-13-28(26)31(5-2)43-23(3)39)21-34(22-42-32)16-8-9-24-18-27(35)12-14-29(24)34/h4-5,11-12,14-15,18-19,26,28,31H,1-2,6-10,13,16-17,20-22H2,3H3,(H2,36,37,40,41)/t26-,28+,31-,34-,44?/m0/s1. The Labute approximate surface area is 265 Å². The van der Waals surface area contributed by atoms with E-state index in [0.29, 0.717) is 43.9 Å². The molecule has 44 heavy (non-hydrogen) atoms. The summed E-state index contributed by atoms with van der Waals surface area (Å²) in [5, 5.41) is 6.66. The number of esters is 1. The van der Waals surface area contributed by atoms with Gasteiger partial charge in [-0.15, -0.1) is 10.9 Å². The average molecular weight is 640 g/mol. The van der Waals surface area contributed by atoms with Crippen molar-refractivity contribution in [2.24, 2.45) is 21.3 Å². The molecule has 1 fully saturated rings. The zero-order chi connectivity index (χ0) is 31.5. The van der Waals surface area contributed by atoms with Crippen LogP contribution in [0.3, 0.4) is 0 Å². The van der Waals surface area contributed by atoms with Crippen LogP contribution in [0.2, 0.25) is 5.02 Å². The van der Waals surface area contributed by atoms with Gasteiger partial charge in [-0.1, -0.05) is 36.4 Å². The molecule has 3 aliphatic rings. The number of hydrogen-bond donors (Lipinski definition) is 1. The van der Waals surface area contributed by atoms with E-state index in [1.54, 1.807) is 30.4 Å². The van der Waals surface area contributed by atoms with Gasteiger partial charge < -0.3 is 14.4 Å². The average Bonchev–Trinajstić information content (AvgIpc) is 3.11. The molecule has 236 valence electrons. The van der Waals surface area contributed by atoms with Gasteiger partial charge in [0.15, 0.2) is 0 Å². The maximum absolute atomic E-state index is 13.3. The number of unbranched alkanes of at least 4 members (excludes halogenated alkanes) is 1. The Kier molecular flexibility index (Phi) is 9.87.